The summed E-state index contributed by atoms with van der Waals surface area (Å²) >= 11 is 1.55. The van der Waals surface area contributed by atoms with Crippen LogP contribution >= 0.6 is 24.2 Å². The summed E-state index contributed by atoms with van der Waals surface area (Å²) in [6, 6.07) is 10.1. The standard InChI is InChI=1S/C15H21N3O2S.ClH/c16-7-9-17(8-6-13-4-2-1-3-5-13)14(19)10-18-12-21-11-15(18)20;/h1-5H,6-12,16H2;1H. The average molecular weight is 344 g/mol. The summed E-state index contributed by atoms with van der Waals surface area (Å²) < 4.78 is 0. The molecule has 7 heteroatoms. The molecular formula is C15H22ClN3O2S. The molecule has 1 saturated heterocycles. The first kappa shape index (κ1) is 18.8. The number of carbonyl (C=O) groups is 2. The highest BCUT2D eigenvalue weighted by atomic mass is 35.5. The van der Waals surface area contributed by atoms with Crippen LogP contribution in [-0.4, -0.2) is 59.4 Å². The molecule has 1 aliphatic rings. The Morgan fingerprint density at radius 1 is 1.27 bits per heavy atom. The van der Waals surface area contributed by atoms with E-state index in [1.807, 2.05) is 30.3 Å². The Kier molecular flexibility index (Phi) is 8.30. The zero-order valence-electron chi connectivity index (χ0n) is 12.4. The number of carbonyl (C=O) groups excluding carboxylic acids is 2. The minimum Gasteiger partial charge on any atom is -0.340 e. The van der Waals surface area contributed by atoms with Crippen molar-refractivity contribution < 1.29 is 9.59 Å². The number of rotatable bonds is 7. The minimum atomic E-state index is -0.0211. The Morgan fingerprint density at radius 3 is 2.59 bits per heavy atom. The van der Waals surface area contributed by atoms with Crippen molar-refractivity contribution in [1.82, 2.24) is 9.80 Å². The molecule has 5 nitrogen and oxygen atoms in total. The maximum absolute atomic E-state index is 12.3. The van der Waals surface area contributed by atoms with Crippen LogP contribution < -0.4 is 5.73 Å². The third-order valence-corrected chi connectivity index (χ3v) is 4.36. The van der Waals surface area contributed by atoms with Crippen LogP contribution in [0.4, 0.5) is 0 Å². The summed E-state index contributed by atoms with van der Waals surface area (Å²) in [5.41, 5.74) is 6.79. The van der Waals surface area contributed by atoms with Crippen molar-refractivity contribution in [2.45, 2.75) is 6.42 Å². The number of nitrogens with two attached hydrogens (primary N) is 1. The van der Waals surface area contributed by atoms with Gasteiger partial charge in [0.15, 0.2) is 0 Å². The fraction of sp³-hybridized carbons (Fsp3) is 0.467. The van der Waals surface area contributed by atoms with E-state index in [1.54, 1.807) is 21.6 Å². The quantitative estimate of drug-likeness (QED) is 0.801. The largest absolute Gasteiger partial charge is 0.340 e. The number of amides is 2. The van der Waals surface area contributed by atoms with Crippen molar-refractivity contribution >= 4 is 36.0 Å². The van der Waals surface area contributed by atoms with E-state index in [0.717, 1.165) is 6.42 Å². The van der Waals surface area contributed by atoms with Crippen molar-refractivity contribution in [3.8, 4) is 0 Å². The number of hydrogen-bond acceptors (Lipinski definition) is 4. The predicted octanol–water partition coefficient (Wildman–Crippen LogP) is 0.971. The van der Waals surface area contributed by atoms with Gasteiger partial charge in [0.2, 0.25) is 11.8 Å². The van der Waals surface area contributed by atoms with Crippen LogP contribution in [0.3, 0.4) is 0 Å². The number of benzene rings is 1. The van der Waals surface area contributed by atoms with Gasteiger partial charge in [0, 0.05) is 19.6 Å². The Bertz CT molecular complexity index is 487. The summed E-state index contributed by atoms with van der Waals surface area (Å²) in [5, 5.41) is 0. The predicted molar refractivity (Wildman–Crippen MR) is 92.1 cm³/mol. The van der Waals surface area contributed by atoms with Gasteiger partial charge in [-0.1, -0.05) is 30.3 Å². The van der Waals surface area contributed by atoms with Gasteiger partial charge in [-0.15, -0.1) is 24.2 Å². The summed E-state index contributed by atoms with van der Waals surface area (Å²) in [6.45, 7) is 1.76. The highest BCUT2D eigenvalue weighted by molar-refractivity contribution is 8.00. The van der Waals surface area contributed by atoms with E-state index in [0.29, 0.717) is 31.3 Å². The molecule has 1 aliphatic heterocycles. The van der Waals surface area contributed by atoms with Gasteiger partial charge in [-0.2, -0.15) is 0 Å². The zero-order valence-corrected chi connectivity index (χ0v) is 14.1. The van der Waals surface area contributed by atoms with E-state index < -0.39 is 0 Å². The van der Waals surface area contributed by atoms with Crippen LogP contribution in [0.25, 0.3) is 0 Å². The van der Waals surface area contributed by atoms with Gasteiger partial charge in [0.1, 0.15) is 6.54 Å². The van der Waals surface area contributed by atoms with Crippen LogP contribution in [0, 0.1) is 0 Å². The SMILES string of the molecule is Cl.NCCN(CCc1ccccc1)C(=O)CN1CSCC1=O. The molecular weight excluding hydrogens is 322 g/mol. The van der Waals surface area contributed by atoms with Crippen molar-refractivity contribution in [1.29, 1.82) is 0 Å². The molecule has 1 aromatic rings. The molecule has 0 aliphatic carbocycles. The molecule has 0 bridgehead atoms. The molecule has 22 heavy (non-hydrogen) atoms. The number of thioether (sulfide) groups is 1. The van der Waals surface area contributed by atoms with Crippen LogP contribution in [0.15, 0.2) is 30.3 Å². The number of hydrogen-bond donors (Lipinski definition) is 1. The summed E-state index contributed by atoms with van der Waals surface area (Å²) in [5.74, 6) is 1.12. The lowest BCUT2D eigenvalue weighted by Crippen LogP contribution is -2.43. The molecule has 1 heterocycles. The molecule has 1 fully saturated rings. The molecule has 2 amide bonds. The van der Waals surface area contributed by atoms with Crippen molar-refractivity contribution in [3.05, 3.63) is 35.9 Å². The lowest BCUT2D eigenvalue weighted by atomic mass is 10.1. The topological polar surface area (TPSA) is 66.6 Å². The Labute approximate surface area is 141 Å². The van der Waals surface area contributed by atoms with Gasteiger partial charge < -0.3 is 15.5 Å². The molecule has 0 atom stereocenters. The average Bonchev–Trinajstić information content (AvgIpc) is 2.89. The molecule has 0 aromatic heterocycles. The first-order chi connectivity index (χ1) is 10.2. The van der Waals surface area contributed by atoms with E-state index >= 15 is 0 Å². The second kappa shape index (κ2) is 9.71. The number of nitrogens with zero attached hydrogens (tertiary/aromatic N) is 2. The van der Waals surface area contributed by atoms with Gasteiger partial charge in [-0.3, -0.25) is 9.59 Å². The smallest absolute Gasteiger partial charge is 0.242 e. The fourth-order valence-corrected chi connectivity index (χ4v) is 3.13. The Balaban J connectivity index is 0.00000242. The van der Waals surface area contributed by atoms with E-state index in [1.165, 1.54) is 5.56 Å². The molecule has 122 valence electrons. The molecule has 0 spiro atoms. The Morgan fingerprint density at radius 2 is 2.00 bits per heavy atom. The second-order valence-corrected chi connectivity index (χ2v) is 5.93. The maximum Gasteiger partial charge on any atom is 0.242 e. The van der Waals surface area contributed by atoms with Gasteiger partial charge in [-0.25, -0.2) is 0 Å². The highest BCUT2D eigenvalue weighted by Gasteiger charge is 2.25. The summed E-state index contributed by atoms with van der Waals surface area (Å²) in [4.78, 5) is 27.3. The molecule has 2 N–H and O–H groups in total. The van der Waals surface area contributed by atoms with Gasteiger partial charge in [-0.05, 0) is 12.0 Å². The Hall–Kier alpha value is -1.24. The fourth-order valence-electron chi connectivity index (χ4n) is 2.23. The lowest BCUT2D eigenvalue weighted by molar-refractivity contribution is -0.137. The van der Waals surface area contributed by atoms with Crippen molar-refractivity contribution in [2.24, 2.45) is 5.73 Å². The molecule has 1 aromatic carbocycles. The van der Waals surface area contributed by atoms with Gasteiger partial charge in [0.05, 0.1) is 11.6 Å². The minimum absolute atomic E-state index is 0. The highest BCUT2D eigenvalue weighted by Crippen LogP contribution is 2.14. The third-order valence-electron chi connectivity index (χ3n) is 3.42. The van der Waals surface area contributed by atoms with Gasteiger partial charge in [0.25, 0.3) is 0 Å². The summed E-state index contributed by atoms with van der Waals surface area (Å²) in [7, 11) is 0. The van der Waals surface area contributed by atoms with E-state index in [9.17, 15) is 9.59 Å². The van der Waals surface area contributed by atoms with Crippen LogP contribution in [-0.2, 0) is 16.0 Å². The summed E-state index contributed by atoms with van der Waals surface area (Å²) in [6.07, 6.45) is 0.801. The first-order valence-electron chi connectivity index (χ1n) is 7.08. The zero-order chi connectivity index (χ0) is 15.1. The maximum atomic E-state index is 12.3. The van der Waals surface area contributed by atoms with E-state index in [-0.39, 0.29) is 30.8 Å². The first-order valence-corrected chi connectivity index (χ1v) is 8.23. The van der Waals surface area contributed by atoms with Crippen LogP contribution in [0.1, 0.15) is 5.56 Å². The molecule has 0 unspecified atom stereocenters. The van der Waals surface area contributed by atoms with Crippen molar-refractivity contribution in [2.75, 3.05) is 37.8 Å². The third kappa shape index (κ3) is 5.51. The van der Waals surface area contributed by atoms with Crippen molar-refractivity contribution in [3.63, 3.8) is 0 Å². The van der Waals surface area contributed by atoms with E-state index in [4.69, 9.17) is 5.73 Å². The monoisotopic (exact) mass is 343 g/mol. The van der Waals surface area contributed by atoms with E-state index in [2.05, 4.69) is 0 Å². The number of halogens is 1. The molecule has 0 saturated carbocycles. The van der Waals surface area contributed by atoms with Gasteiger partial charge >= 0.3 is 0 Å². The lowest BCUT2D eigenvalue weighted by Gasteiger charge is -2.24. The van der Waals surface area contributed by atoms with Crippen LogP contribution in [0.5, 0.6) is 0 Å². The normalized spacial score (nSPS) is 13.9. The molecule has 2 rings (SSSR count). The molecule has 0 radical (unpaired) electrons. The van der Waals surface area contributed by atoms with Crippen LogP contribution in [0.2, 0.25) is 0 Å². The second-order valence-electron chi connectivity index (χ2n) is 4.97.